The first-order chi connectivity index (χ1) is 9.61. The Labute approximate surface area is 121 Å². The van der Waals surface area contributed by atoms with Gasteiger partial charge in [0.25, 0.3) is 0 Å². The van der Waals surface area contributed by atoms with Crippen LogP contribution in [0.5, 0.6) is 5.75 Å². The Balaban J connectivity index is 2.24. The Kier molecular flexibility index (Phi) is 4.80. The summed E-state index contributed by atoms with van der Waals surface area (Å²) in [4.78, 5) is 0. The van der Waals surface area contributed by atoms with Gasteiger partial charge in [0.05, 0.1) is 0 Å². The average Bonchev–Trinajstić information content (AvgIpc) is 2.46. The van der Waals surface area contributed by atoms with Crippen molar-refractivity contribution in [1.29, 1.82) is 0 Å². The number of rotatable bonds is 5. The third-order valence-corrected chi connectivity index (χ3v) is 3.47. The highest BCUT2D eigenvalue weighted by Crippen LogP contribution is 2.29. The van der Waals surface area contributed by atoms with Gasteiger partial charge in [-0.1, -0.05) is 61.9 Å². The van der Waals surface area contributed by atoms with E-state index in [2.05, 4.69) is 51.1 Å². The zero-order chi connectivity index (χ0) is 14.5. The highest BCUT2D eigenvalue weighted by molar-refractivity contribution is 5.36. The second-order valence-corrected chi connectivity index (χ2v) is 5.45. The molecule has 1 atom stereocenters. The summed E-state index contributed by atoms with van der Waals surface area (Å²) >= 11 is 0. The molecule has 2 rings (SSSR count). The molecular weight excluding hydrogens is 246 g/mol. The van der Waals surface area contributed by atoms with E-state index in [0.717, 1.165) is 11.3 Å². The van der Waals surface area contributed by atoms with E-state index in [1.54, 1.807) is 0 Å². The maximum atomic E-state index is 6.16. The summed E-state index contributed by atoms with van der Waals surface area (Å²) in [5, 5.41) is 0. The Morgan fingerprint density at radius 3 is 2.25 bits per heavy atom. The average molecular weight is 269 g/mol. The molecule has 0 bridgehead atoms. The molecule has 1 unspecified atom stereocenters. The first-order valence-corrected chi connectivity index (χ1v) is 7.14. The third-order valence-electron chi connectivity index (χ3n) is 3.47. The molecule has 2 aromatic carbocycles. The normalized spacial score (nSPS) is 12.4. The first-order valence-electron chi connectivity index (χ1n) is 7.14. The number of aryl methyl sites for hydroxylation is 1. The summed E-state index contributed by atoms with van der Waals surface area (Å²) in [5.74, 6) is 1.36. The summed E-state index contributed by atoms with van der Waals surface area (Å²) < 4.78 is 6.16. The predicted octanol–water partition coefficient (Wildman–Crippen LogP) is 4.20. The van der Waals surface area contributed by atoms with Crippen molar-refractivity contribution < 1.29 is 4.74 Å². The molecule has 0 aromatic heterocycles. The molecular formula is C18H23NO. The first kappa shape index (κ1) is 14.6. The number of ether oxygens (including phenoxy) is 1. The van der Waals surface area contributed by atoms with Gasteiger partial charge >= 0.3 is 0 Å². The molecule has 0 aliphatic carbocycles. The van der Waals surface area contributed by atoms with E-state index < -0.39 is 0 Å². The van der Waals surface area contributed by atoms with E-state index in [4.69, 9.17) is 10.5 Å². The maximum Gasteiger partial charge on any atom is 0.136 e. The lowest BCUT2D eigenvalue weighted by Gasteiger charge is -2.21. The van der Waals surface area contributed by atoms with Crippen LogP contribution >= 0.6 is 0 Å². The number of para-hydroxylation sites is 1. The molecule has 2 heteroatoms. The number of hydrogen-bond acceptors (Lipinski definition) is 2. The van der Waals surface area contributed by atoms with E-state index in [0.29, 0.717) is 12.5 Å². The molecule has 0 aliphatic heterocycles. The van der Waals surface area contributed by atoms with Crippen molar-refractivity contribution in [2.45, 2.75) is 32.8 Å². The van der Waals surface area contributed by atoms with Crippen LogP contribution in [-0.4, -0.2) is 6.54 Å². The SMILES string of the molecule is Cc1ccc(C(CN)Oc2ccccc2C(C)C)cc1. The number of nitrogens with two attached hydrogens (primary N) is 1. The Morgan fingerprint density at radius 2 is 1.65 bits per heavy atom. The summed E-state index contributed by atoms with van der Waals surface area (Å²) in [5.41, 5.74) is 9.48. The molecule has 0 saturated carbocycles. The van der Waals surface area contributed by atoms with E-state index in [1.165, 1.54) is 11.1 Å². The molecule has 0 heterocycles. The van der Waals surface area contributed by atoms with Crippen LogP contribution in [-0.2, 0) is 0 Å². The van der Waals surface area contributed by atoms with Crippen molar-refractivity contribution in [2.75, 3.05) is 6.54 Å². The van der Waals surface area contributed by atoms with Gasteiger partial charge in [0.15, 0.2) is 0 Å². The molecule has 0 saturated heterocycles. The van der Waals surface area contributed by atoms with Crippen LogP contribution in [0.2, 0.25) is 0 Å². The van der Waals surface area contributed by atoms with Crippen LogP contribution < -0.4 is 10.5 Å². The van der Waals surface area contributed by atoms with Gasteiger partial charge in [-0.3, -0.25) is 0 Å². The number of benzene rings is 2. The molecule has 2 nitrogen and oxygen atoms in total. The van der Waals surface area contributed by atoms with Crippen molar-refractivity contribution in [3.63, 3.8) is 0 Å². The summed E-state index contributed by atoms with van der Waals surface area (Å²) in [7, 11) is 0. The summed E-state index contributed by atoms with van der Waals surface area (Å²) in [6.45, 7) is 6.89. The van der Waals surface area contributed by atoms with Crippen LogP contribution in [0.1, 0.15) is 42.6 Å². The second-order valence-electron chi connectivity index (χ2n) is 5.45. The highest BCUT2D eigenvalue weighted by atomic mass is 16.5. The van der Waals surface area contributed by atoms with Gasteiger partial charge in [-0.15, -0.1) is 0 Å². The molecule has 0 radical (unpaired) electrons. The van der Waals surface area contributed by atoms with Gasteiger partial charge in [0.2, 0.25) is 0 Å². The van der Waals surface area contributed by atoms with Crippen LogP contribution in [0, 0.1) is 6.92 Å². The fourth-order valence-corrected chi connectivity index (χ4v) is 2.25. The molecule has 2 N–H and O–H groups in total. The van der Waals surface area contributed by atoms with Crippen molar-refractivity contribution in [3.8, 4) is 5.75 Å². The Hall–Kier alpha value is -1.80. The molecule has 0 spiro atoms. The lowest BCUT2D eigenvalue weighted by atomic mass is 10.0. The van der Waals surface area contributed by atoms with Gasteiger partial charge in [0.1, 0.15) is 11.9 Å². The Bertz CT molecular complexity index is 546. The summed E-state index contributed by atoms with van der Waals surface area (Å²) in [6.07, 6.45) is -0.101. The Morgan fingerprint density at radius 1 is 1.00 bits per heavy atom. The van der Waals surface area contributed by atoms with E-state index >= 15 is 0 Å². The highest BCUT2D eigenvalue weighted by Gasteiger charge is 2.14. The van der Waals surface area contributed by atoms with E-state index in [-0.39, 0.29) is 6.10 Å². The fourth-order valence-electron chi connectivity index (χ4n) is 2.25. The minimum Gasteiger partial charge on any atom is -0.484 e. The van der Waals surface area contributed by atoms with Crippen molar-refractivity contribution in [2.24, 2.45) is 5.73 Å². The topological polar surface area (TPSA) is 35.2 Å². The molecule has 0 aliphatic rings. The zero-order valence-corrected chi connectivity index (χ0v) is 12.5. The van der Waals surface area contributed by atoms with Crippen LogP contribution in [0.25, 0.3) is 0 Å². The van der Waals surface area contributed by atoms with Gasteiger partial charge in [0, 0.05) is 6.54 Å². The van der Waals surface area contributed by atoms with Crippen LogP contribution in [0.4, 0.5) is 0 Å². The monoisotopic (exact) mass is 269 g/mol. The molecule has 106 valence electrons. The lowest BCUT2D eigenvalue weighted by Crippen LogP contribution is -2.19. The van der Waals surface area contributed by atoms with Gasteiger partial charge in [-0.05, 0) is 30.0 Å². The minimum atomic E-state index is -0.101. The lowest BCUT2D eigenvalue weighted by molar-refractivity contribution is 0.211. The fraction of sp³-hybridized carbons (Fsp3) is 0.333. The van der Waals surface area contributed by atoms with Crippen LogP contribution in [0.15, 0.2) is 48.5 Å². The second kappa shape index (κ2) is 6.58. The third kappa shape index (κ3) is 3.40. The van der Waals surface area contributed by atoms with Gasteiger partial charge in [-0.25, -0.2) is 0 Å². The summed E-state index contributed by atoms with van der Waals surface area (Å²) in [6, 6.07) is 16.5. The van der Waals surface area contributed by atoms with Crippen molar-refractivity contribution >= 4 is 0 Å². The predicted molar refractivity (Wildman–Crippen MR) is 84.1 cm³/mol. The quantitative estimate of drug-likeness (QED) is 0.883. The van der Waals surface area contributed by atoms with Crippen molar-refractivity contribution in [3.05, 3.63) is 65.2 Å². The van der Waals surface area contributed by atoms with Crippen LogP contribution in [0.3, 0.4) is 0 Å². The van der Waals surface area contributed by atoms with Gasteiger partial charge < -0.3 is 10.5 Å². The standard InChI is InChI=1S/C18H23NO/c1-13(2)16-6-4-5-7-17(16)20-18(12-19)15-10-8-14(3)9-11-15/h4-11,13,18H,12,19H2,1-3H3. The minimum absolute atomic E-state index is 0.101. The van der Waals surface area contributed by atoms with Crippen molar-refractivity contribution in [1.82, 2.24) is 0 Å². The molecule has 0 amide bonds. The molecule has 0 fully saturated rings. The smallest absolute Gasteiger partial charge is 0.136 e. The molecule has 2 aromatic rings. The van der Waals surface area contributed by atoms with Gasteiger partial charge in [-0.2, -0.15) is 0 Å². The largest absolute Gasteiger partial charge is 0.484 e. The maximum absolute atomic E-state index is 6.16. The van der Waals surface area contributed by atoms with E-state index in [9.17, 15) is 0 Å². The zero-order valence-electron chi connectivity index (χ0n) is 12.5. The van der Waals surface area contributed by atoms with E-state index in [1.807, 2.05) is 18.2 Å². The molecule has 20 heavy (non-hydrogen) atoms. The number of hydrogen-bond donors (Lipinski definition) is 1.